The summed E-state index contributed by atoms with van der Waals surface area (Å²) in [5.74, 6) is -1.74. The van der Waals surface area contributed by atoms with E-state index in [0.29, 0.717) is 16.9 Å². The molecule has 2 nitrogen and oxygen atoms in total. The summed E-state index contributed by atoms with van der Waals surface area (Å²) in [5.41, 5.74) is 0.806. The summed E-state index contributed by atoms with van der Waals surface area (Å²) in [6, 6.07) is 3.48. The maximum atomic E-state index is 13.5. The van der Waals surface area contributed by atoms with Crippen LogP contribution in [-0.4, -0.2) is 16.3 Å². The zero-order valence-corrected chi connectivity index (χ0v) is 11.1. The van der Waals surface area contributed by atoms with Gasteiger partial charge in [0.25, 0.3) is 0 Å². The average Bonchev–Trinajstić information content (AvgIpc) is 2.38. The van der Waals surface area contributed by atoms with Crippen molar-refractivity contribution in [3.63, 3.8) is 0 Å². The molecule has 0 aliphatic heterocycles. The number of hydrogen-bond donors (Lipinski definition) is 1. The number of aliphatic carboxylic acids is 1. The molecule has 1 N–H and O–H groups in total. The Morgan fingerprint density at radius 1 is 1.42 bits per heavy atom. The predicted molar refractivity (Wildman–Crippen MR) is 71.0 cm³/mol. The number of allylic oxidation sites excluding steroid dienone is 1. The molecule has 0 amide bonds. The Labute approximate surface area is 114 Å². The Bertz CT molecular complexity index is 514. The fourth-order valence-electron chi connectivity index (χ4n) is 2.08. The van der Waals surface area contributed by atoms with Crippen molar-refractivity contribution in [2.24, 2.45) is 0 Å². The van der Waals surface area contributed by atoms with Crippen LogP contribution >= 0.6 is 11.8 Å². The molecule has 0 saturated heterocycles. The van der Waals surface area contributed by atoms with Crippen molar-refractivity contribution in [1.82, 2.24) is 0 Å². The van der Waals surface area contributed by atoms with E-state index in [9.17, 15) is 13.6 Å². The summed E-state index contributed by atoms with van der Waals surface area (Å²) in [4.78, 5) is 11.1. The molecule has 0 heterocycles. The predicted octanol–water partition coefficient (Wildman–Crippen LogP) is 3.76. The maximum absolute atomic E-state index is 13.5. The van der Waals surface area contributed by atoms with Gasteiger partial charge in [-0.15, -0.1) is 11.8 Å². The van der Waals surface area contributed by atoms with E-state index in [4.69, 9.17) is 5.11 Å². The van der Waals surface area contributed by atoms with Crippen LogP contribution in [0.1, 0.15) is 24.8 Å². The van der Waals surface area contributed by atoms with Gasteiger partial charge in [0.05, 0.1) is 0 Å². The van der Waals surface area contributed by atoms with Gasteiger partial charge in [0.15, 0.2) is 0 Å². The Hall–Kier alpha value is -1.36. The first-order valence-corrected chi connectivity index (χ1v) is 7.11. The minimum Gasteiger partial charge on any atom is -0.478 e. The van der Waals surface area contributed by atoms with Gasteiger partial charge in [0.2, 0.25) is 0 Å². The first-order valence-electron chi connectivity index (χ1n) is 6.07. The number of carboxylic acid groups (broad SMARTS) is 1. The third kappa shape index (κ3) is 3.56. The maximum Gasteiger partial charge on any atom is 0.332 e. The standard InChI is InChI=1S/C14H14F2O2S/c15-10-6-5-9(12(16)7-10)8-19-13-4-2-1-3-11(13)14(17)18/h3,5-7,13H,1-2,4,8H2,(H,17,18). The van der Waals surface area contributed by atoms with Gasteiger partial charge in [-0.2, -0.15) is 0 Å². The third-order valence-electron chi connectivity index (χ3n) is 3.08. The van der Waals surface area contributed by atoms with Gasteiger partial charge in [-0.3, -0.25) is 0 Å². The Balaban J connectivity index is 2.03. The van der Waals surface area contributed by atoms with Gasteiger partial charge in [-0.1, -0.05) is 12.1 Å². The number of rotatable bonds is 4. The van der Waals surface area contributed by atoms with E-state index in [-0.39, 0.29) is 5.25 Å². The molecule has 2 rings (SSSR count). The second-order valence-electron chi connectivity index (χ2n) is 4.43. The number of benzene rings is 1. The van der Waals surface area contributed by atoms with E-state index in [0.717, 1.165) is 25.3 Å². The van der Waals surface area contributed by atoms with Crippen LogP contribution in [0.15, 0.2) is 29.8 Å². The third-order valence-corrected chi connectivity index (χ3v) is 4.45. The van der Waals surface area contributed by atoms with Gasteiger partial charge in [-0.05, 0) is 30.9 Å². The molecule has 19 heavy (non-hydrogen) atoms. The van der Waals surface area contributed by atoms with Crippen molar-refractivity contribution in [3.8, 4) is 0 Å². The van der Waals surface area contributed by atoms with Crippen molar-refractivity contribution in [3.05, 3.63) is 47.0 Å². The molecule has 0 fully saturated rings. The second-order valence-corrected chi connectivity index (χ2v) is 5.62. The largest absolute Gasteiger partial charge is 0.478 e. The van der Waals surface area contributed by atoms with Gasteiger partial charge < -0.3 is 5.11 Å². The molecule has 1 aromatic rings. The SMILES string of the molecule is O=C(O)C1=CCCCC1SCc1ccc(F)cc1F. The highest BCUT2D eigenvalue weighted by atomic mass is 32.2. The van der Waals surface area contributed by atoms with Crippen LogP contribution in [0.2, 0.25) is 0 Å². The first-order chi connectivity index (χ1) is 9.08. The molecule has 0 spiro atoms. The lowest BCUT2D eigenvalue weighted by Crippen LogP contribution is -2.18. The summed E-state index contributed by atoms with van der Waals surface area (Å²) in [6.45, 7) is 0. The fraction of sp³-hybridized carbons (Fsp3) is 0.357. The highest BCUT2D eigenvalue weighted by Crippen LogP contribution is 2.32. The molecule has 1 aliphatic rings. The van der Waals surface area contributed by atoms with Crippen molar-refractivity contribution >= 4 is 17.7 Å². The van der Waals surface area contributed by atoms with Crippen LogP contribution in [0.5, 0.6) is 0 Å². The van der Waals surface area contributed by atoms with Crippen LogP contribution in [0.3, 0.4) is 0 Å². The van der Waals surface area contributed by atoms with Crippen LogP contribution in [0.4, 0.5) is 8.78 Å². The summed E-state index contributed by atoms with van der Waals surface area (Å²) in [6.07, 6.45) is 4.25. The lowest BCUT2D eigenvalue weighted by molar-refractivity contribution is -0.132. The first kappa shape index (κ1) is 14.1. The van der Waals surface area contributed by atoms with Crippen LogP contribution < -0.4 is 0 Å². The van der Waals surface area contributed by atoms with Crippen molar-refractivity contribution in [2.75, 3.05) is 0 Å². The number of thioether (sulfide) groups is 1. The molecule has 0 aromatic heterocycles. The summed E-state index contributed by atoms with van der Waals surface area (Å²) in [5, 5.41) is 8.98. The lowest BCUT2D eigenvalue weighted by Gasteiger charge is -2.21. The normalized spacial score (nSPS) is 19.1. The molecule has 0 bridgehead atoms. The summed E-state index contributed by atoms with van der Waals surface area (Å²) < 4.78 is 26.3. The van der Waals surface area contributed by atoms with Crippen LogP contribution in [-0.2, 0) is 10.5 Å². The molecule has 1 aromatic carbocycles. The van der Waals surface area contributed by atoms with Crippen LogP contribution in [0.25, 0.3) is 0 Å². The van der Waals surface area contributed by atoms with E-state index in [1.54, 1.807) is 6.08 Å². The van der Waals surface area contributed by atoms with Crippen LogP contribution in [0, 0.1) is 11.6 Å². The zero-order valence-electron chi connectivity index (χ0n) is 10.2. The quantitative estimate of drug-likeness (QED) is 0.914. The number of halogens is 2. The van der Waals surface area contributed by atoms with E-state index in [1.165, 1.54) is 23.9 Å². The van der Waals surface area contributed by atoms with Crippen molar-refractivity contribution < 1.29 is 18.7 Å². The monoisotopic (exact) mass is 284 g/mol. The highest BCUT2D eigenvalue weighted by molar-refractivity contribution is 7.99. The van der Waals surface area contributed by atoms with Gasteiger partial charge in [0.1, 0.15) is 11.6 Å². The summed E-state index contributed by atoms with van der Waals surface area (Å²) >= 11 is 1.40. The smallest absolute Gasteiger partial charge is 0.332 e. The molecule has 0 radical (unpaired) electrons. The Morgan fingerprint density at radius 3 is 2.89 bits per heavy atom. The lowest BCUT2D eigenvalue weighted by atomic mass is 9.99. The molecule has 5 heteroatoms. The number of hydrogen-bond acceptors (Lipinski definition) is 2. The van der Waals surface area contributed by atoms with Gasteiger partial charge in [-0.25, -0.2) is 13.6 Å². The van der Waals surface area contributed by atoms with E-state index in [1.807, 2.05) is 0 Å². The van der Waals surface area contributed by atoms with Crippen molar-refractivity contribution in [2.45, 2.75) is 30.3 Å². The molecular weight excluding hydrogens is 270 g/mol. The summed E-state index contributed by atoms with van der Waals surface area (Å²) in [7, 11) is 0. The highest BCUT2D eigenvalue weighted by Gasteiger charge is 2.23. The number of carboxylic acids is 1. The molecule has 1 aliphatic carbocycles. The number of carbonyl (C=O) groups is 1. The topological polar surface area (TPSA) is 37.3 Å². The van der Waals surface area contributed by atoms with Gasteiger partial charge >= 0.3 is 5.97 Å². The second kappa shape index (κ2) is 6.19. The minimum absolute atomic E-state index is 0.115. The van der Waals surface area contributed by atoms with E-state index >= 15 is 0 Å². The molecular formula is C14H14F2O2S. The molecule has 1 atom stereocenters. The van der Waals surface area contributed by atoms with E-state index < -0.39 is 17.6 Å². The molecule has 102 valence electrons. The molecule has 0 saturated carbocycles. The molecule has 1 unspecified atom stereocenters. The zero-order chi connectivity index (χ0) is 13.8. The van der Waals surface area contributed by atoms with Gasteiger partial charge in [0, 0.05) is 22.6 Å². The average molecular weight is 284 g/mol. The fourth-order valence-corrected chi connectivity index (χ4v) is 3.40. The Morgan fingerprint density at radius 2 is 2.21 bits per heavy atom. The van der Waals surface area contributed by atoms with E-state index in [2.05, 4.69) is 0 Å². The Kier molecular flexibility index (Phi) is 4.58. The van der Waals surface area contributed by atoms with Crippen molar-refractivity contribution in [1.29, 1.82) is 0 Å². The minimum atomic E-state index is -0.906.